The van der Waals surface area contributed by atoms with Gasteiger partial charge in [0, 0.05) is 17.7 Å². The maximum atomic E-state index is 12.1. The van der Waals surface area contributed by atoms with Gasteiger partial charge in [0.15, 0.2) is 23.9 Å². The highest BCUT2D eigenvalue weighted by molar-refractivity contribution is 5.88. The molecule has 29 heavy (non-hydrogen) atoms. The fourth-order valence-electron chi connectivity index (χ4n) is 2.34. The average molecular weight is 408 g/mol. The zero-order valence-electron chi connectivity index (χ0n) is 15.0. The first-order valence-corrected chi connectivity index (χ1v) is 8.15. The van der Waals surface area contributed by atoms with Crippen LogP contribution in [-0.2, 0) is 9.53 Å². The van der Waals surface area contributed by atoms with Gasteiger partial charge in [0.1, 0.15) is 22.5 Å². The number of esters is 1. The van der Waals surface area contributed by atoms with Crippen molar-refractivity contribution in [3.8, 4) is 40.1 Å². The second kappa shape index (κ2) is 8.83. The lowest BCUT2D eigenvalue weighted by Crippen LogP contribution is -2.04. The fourth-order valence-corrected chi connectivity index (χ4v) is 2.34. The lowest BCUT2D eigenvalue weighted by molar-refractivity contribution is -0.144. The number of ether oxygens (including phenoxy) is 1. The van der Waals surface area contributed by atoms with Crippen LogP contribution in [-0.4, -0.2) is 44.8 Å². The Morgan fingerprint density at radius 2 is 1.72 bits per heavy atom. The van der Waals surface area contributed by atoms with Gasteiger partial charge in [-0.1, -0.05) is 0 Å². The van der Waals surface area contributed by atoms with E-state index in [1.165, 1.54) is 6.07 Å². The highest BCUT2D eigenvalue weighted by Crippen LogP contribution is 2.37. The van der Waals surface area contributed by atoms with Gasteiger partial charge in [-0.15, -0.1) is 0 Å². The van der Waals surface area contributed by atoms with E-state index in [9.17, 15) is 39.5 Å². The molecular weight excluding hydrogens is 391 g/mol. The summed E-state index contributed by atoms with van der Waals surface area (Å²) in [7, 11) is 0. The standard InChI is InChI=1S/C15H10O7.C4H7FO2/c16-7-4-10(19)12-11(5-7)22-15(14(21)13(12)20)6-1-2-8(17)9(18)3-6;1-2-7-4(6)3-5/h1-5,16-19,21H;2-3H2,1H3. The number of halogens is 1. The maximum absolute atomic E-state index is 12.1. The van der Waals surface area contributed by atoms with Crippen LogP contribution in [0.2, 0.25) is 0 Å². The smallest absolute Gasteiger partial charge is 0.337 e. The number of phenols is 4. The molecule has 5 N–H and O–H groups in total. The molecule has 0 saturated carbocycles. The van der Waals surface area contributed by atoms with Crippen molar-refractivity contribution in [2.24, 2.45) is 0 Å². The Balaban J connectivity index is 0.000000370. The molecule has 0 radical (unpaired) electrons. The van der Waals surface area contributed by atoms with Gasteiger partial charge in [0.05, 0.1) is 6.61 Å². The van der Waals surface area contributed by atoms with Crippen molar-refractivity contribution in [2.75, 3.05) is 13.3 Å². The molecule has 0 saturated heterocycles. The van der Waals surface area contributed by atoms with Crippen LogP contribution >= 0.6 is 0 Å². The average Bonchev–Trinajstić information content (AvgIpc) is 2.67. The lowest BCUT2D eigenvalue weighted by atomic mass is 10.1. The molecule has 1 heterocycles. The van der Waals surface area contributed by atoms with Crippen LogP contribution in [0, 0.1) is 0 Å². The van der Waals surface area contributed by atoms with Gasteiger partial charge in [0.25, 0.3) is 0 Å². The molecule has 1 aromatic heterocycles. The van der Waals surface area contributed by atoms with Crippen molar-refractivity contribution in [3.05, 3.63) is 40.6 Å². The summed E-state index contributed by atoms with van der Waals surface area (Å²) in [6.07, 6.45) is 0. The highest BCUT2D eigenvalue weighted by atomic mass is 19.1. The normalized spacial score (nSPS) is 10.3. The molecule has 0 fully saturated rings. The lowest BCUT2D eigenvalue weighted by Gasteiger charge is -2.08. The summed E-state index contributed by atoms with van der Waals surface area (Å²) in [5.74, 6) is -3.50. The third kappa shape index (κ3) is 4.67. The number of carbonyl (C=O) groups excluding carboxylic acids is 1. The Labute approximate surface area is 162 Å². The zero-order valence-corrected chi connectivity index (χ0v) is 15.0. The van der Waals surface area contributed by atoms with Crippen LogP contribution in [0.5, 0.6) is 28.7 Å². The van der Waals surface area contributed by atoms with Crippen molar-refractivity contribution >= 4 is 16.9 Å². The van der Waals surface area contributed by atoms with E-state index in [0.29, 0.717) is 0 Å². The number of carbonyl (C=O) groups is 1. The molecule has 0 aliphatic rings. The van der Waals surface area contributed by atoms with Crippen molar-refractivity contribution in [1.29, 1.82) is 0 Å². The van der Waals surface area contributed by atoms with E-state index in [2.05, 4.69) is 4.74 Å². The highest BCUT2D eigenvalue weighted by Gasteiger charge is 2.19. The topological polar surface area (TPSA) is 158 Å². The summed E-state index contributed by atoms with van der Waals surface area (Å²) >= 11 is 0. The summed E-state index contributed by atoms with van der Waals surface area (Å²) in [6.45, 7) is 0.865. The second-order valence-electron chi connectivity index (χ2n) is 5.59. The molecule has 154 valence electrons. The van der Waals surface area contributed by atoms with Crippen molar-refractivity contribution in [3.63, 3.8) is 0 Å². The van der Waals surface area contributed by atoms with Crippen LogP contribution < -0.4 is 5.43 Å². The number of rotatable bonds is 3. The first-order valence-electron chi connectivity index (χ1n) is 8.15. The molecule has 0 amide bonds. The molecule has 0 unspecified atom stereocenters. The van der Waals surface area contributed by atoms with Gasteiger partial charge in [0.2, 0.25) is 11.2 Å². The van der Waals surface area contributed by atoms with Crippen LogP contribution in [0.1, 0.15) is 6.92 Å². The third-order valence-corrected chi connectivity index (χ3v) is 3.59. The van der Waals surface area contributed by atoms with Crippen molar-refractivity contribution < 1.29 is 43.9 Å². The number of benzene rings is 2. The number of aromatic hydroxyl groups is 5. The van der Waals surface area contributed by atoms with Crippen LogP contribution in [0.25, 0.3) is 22.3 Å². The van der Waals surface area contributed by atoms with E-state index in [1.807, 2.05) is 0 Å². The van der Waals surface area contributed by atoms with Gasteiger partial charge < -0.3 is 34.7 Å². The van der Waals surface area contributed by atoms with Gasteiger partial charge in [-0.3, -0.25) is 4.79 Å². The van der Waals surface area contributed by atoms with E-state index < -0.39 is 35.3 Å². The van der Waals surface area contributed by atoms with Gasteiger partial charge in [-0.05, 0) is 25.1 Å². The fraction of sp³-hybridized carbons (Fsp3) is 0.158. The van der Waals surface area contributed by atoms with E-state index in [0.717, 1.165) is 24.3 Å². The van der Waals surface area contributed by atoms with Gasteiger partial charge >= 0.3 is 5.97 Å². The monoisotopic (exact) mass is 408 g/mol. The quantitative estimate of drug-likeness (QED) is 0.324. The largest absolute Gasteiger partial charge is 0.508 e. The minimum Gasteiger partial charge on any atom is -0.508 e. The summed E-state index contributed by atoms with van der Waals surface area (Å²) < 4.78 is 20.6. The molecule has 0 aliphatic carbocycles. The van der Waals surface area contributed by atoms with Crippen LogP contribution in [0.3, 0.4) is 0 Å². The zero-order chi connectivity index (χ0) is 21.7. The summed E-state index contributed by atoms with van der Waals surface area (Å²) in [6, 6.07) is 5.64. The van der Waals surface area contributed by atoms with Crippen molar-refractivity contribution in [2.45, 2.75) is 6.92 Å². The number of alkyl halides is 1. The SMILES string of the molecule is CCOC(=O)CF.O=c1c(O)c(-c2ccc(O)c(O)c2)oc2cc(O)cc(O)c12. The maximum Gasteiger partial charge on any atom is 0.337 e. The van der Waals surface area contributed by atoms with Gasteiger partial charge in [-0.25, -0.2) is 9.18 Å². The summed E-state index contributed by atoms with van der Waals surface area (Å²) in [5, 5.41) is 47.6. The summed E-state index contributed by atoms with van der Waals surface area (Å²) in [4.78, 5) is 22.0. The molecule has 9 nitrogen and oxygen atoms in total. The minimum absolute atomic E-state index is 0.134. The molecule has 0 atom stereocenters. The molecule has 3 rings (SSSR count). The second-order valence-corrected chi connectivity index (χ2v) is 5.59. The van der Waals surface area contributed by atoms with Crippen LogP contribution in [0.15, 0.2) is 39.5 Å². The third-order valence-electron chi connectivity index (χ3n) is 3.59. The molecule has 2 aromatic carbocycles. The Morgan fingerprint density at radius 3 is 2.28 bits per heavy atom. The molecule has 0 spiro atoms. The molecule has 10 heteroatoms. The number of hydrogen-bond acceptors (Lipinski definition) is 9. The first kappa shape index (κ1) is 21.4. The minimum atomic E-state index is -1.02. The Hall–Kier alpha value is -3.95. The van der Waals surface area contributed by atoms with E-state index in [-0.39, 0.29) is 40.4 Å². The number of hydrogen-bond donors (Lipinski definition) is 5. The van der Waals surface area contributed by atoms with Gasteiger partial charge in [-0.2, -0.15) is 0 Å². The van der Waals surface area contributed by atoms with Crippen LogP contribution in [0.4, 0.5) is 4.39 Å². The van der Waals surface area contributed by atoms with E-state index in [4.69, 9.17) is 4.42 Å². The Morgan fingerprint density at radius 1 is 1.03 bits per heavy atom. The predicted molar refractivity (Wildman–Crippen MR) is 98.9 cm³/mol. The molecule has 0 bridgehead atoms. The Kier molecular flexibility index (Phi) is 6.50. The first-order chi connectivity index (χ1) is 13.7. The number of phenolic OH excluding ortho intramolecular Hbond substituents is 4. The number of fused-ring (bicyclic) bond motifs is 1. The van der Waals surface area contributed by atoms with Crippen molar-refractivity contribution in [1.82, 2.24) is 0 Å². The molecule has 0 aliphatic heterocycles. The van der Waals surface area contributed by atoms with E-state index >= 15 is 0 Å². The Bertz CT molecular complexity index is 1110. The molecule has 3 aromatic rings. The van der Waals surface area contributed by atoms with E-state index in [1.54, 1.807) is 6.92 Å². The predicted octanol–water partition coefficient (Wildman–Crippen LogP) is 2.51. The molecular formula is C19H17FO9. The summed E-state index contributed by atoms with van der Waals surface area (Å²) in [5.41, 5.74) is -0.890.